The van der Waals surface area contributed by atoms with E-state index in [1.165, 1.54) is 0 Å². The molecule has 0 amide bonds. The Labute approximate surface area is 96.0 Å². The summed E-state index contributed by atoms with van der Waals surface area (Å²) in [6, 6.07) is 0. The topological polar surface area (TPSA) is 80.3 Å². The smallest absolute Gasteiger partial charge is 0.0683 e. The van der Waals surface area contributed by atoms with Gasteiger partial charge in [0.05, 0.1) is 11.9 Å². The lowest BCUT2D eigenvalue weighted by atomic mass is 9.75. The van der Waals surface area contributed by atoms with E-state index in [2.05, 4.69) is 0 Å². The number of hydrogen-bond donors (Lipinski definition) is 0. The van der Waals surface area contributed by atoms with E-state index in [-0.39, 0.29) is 11.1 Å². The monoisotopic (exact) mass is 226 g/mol. The molecule has 0 heterocycles. The number of hydrogen-bond acceptors (Lipinski definition) is 4. The standard InChI is InChI=1S/C12H20O4/c1-11(2,3)7(9(13)14)8(10(15)16)12(4,5)6/h1-6H3,(H,13,14)(H,15,16)/p-2/b8-7-. The van der Waals surface area contributed by atoms with Gasteiger partial charge in [0.1, 0.15) is 0 Å². The molecule has 16 heavy (non-hydrogen) atoms. The first-order valence-corrected chi connectivity index (χ1v) is 5.07. The highest BCUT2D eigenvalue weighted by atomic mass is 16.4. The molecule has 0 saturated carbocycles. The average molecular weight is 226 g/mol. The fourth-order valence-electron chi connectivity index (χ4n) is 1.57. The van der Waals surface area contributed by atoms with Crippen LogP contribution in [0.15, 0.2) is 11.1 Å². The molecule has 4 nitrogen and oxygen atoms in total. The van der Waals surface area contributed by atoms with Crippen molar-refractivity contribution in [3.05, 3.63) is 11.1 Å². The minimum Gasteiger partial charge on any atom is -0.545 e. The number of carbonyl (C=O) groups is 2. The molecule has 0 N–H and O–H groups in total. The molecule has 0 aliphatic heterocycles. The third-order valence-corrected chi connectivity index (χ3v) is 2.16. The second-order valence-corrected chi connectivity index (χ2v) is 5.82. The molecular weight excluding hydrogens is 208 g/mol. The van der Waals surface area contributed by atoms with Crippen LogP contribution < -0.4 is 10.2 Å². The van der Waals surface area contributed by atoms with Crippen LogP contribution in [0.2, 0.25) is 0 Å². The van der Waals surface area contributed by atoms with Gasteiger partial charge in [-0.25, -0.2) is 0 Å². The molecule has 0 atom stereocenters. The van der Waals surface area contributed by atoms with E-state index in [9.17, 15) is 19.8 Å². The molecule has 4 heteroatoms. The molecule has 0 aliphatic carbocycles. The van der Waals surface area contributed by atoms with Crippen molar-refractivity contribution in [2.75, 3.05) is 0 Å². The van der Waals surface area contributed by atoms with Gasteiger partial charge in [-0.3, -0.25) is 0 Å². The number of carboxylic acid groups (broad SMARTS) is 2. The van der Waals surface area contributed by atoms with Crippen LogP contribution in [-0.4, -0.2) is 11.9 Å². The lowest BCUT2D eigenvalue weighted by Gasteiger charge is -2.34. The number of rotatable bonds is 2. The molecule has 0 aliphatic rings. The van der Waals surface area contributed by atoms with Crippen LogP contribution in [0.5, 0.6) is 0 Å². The highest BCUT2D eigenvalue weighted by Crippen LogP contribution is 2.35. The average Bonchev–Trinajstić information content (AvgIpc) is 1.92. The van der Waals surface area contributed by atoms with Crippen LogP contribution in [0.25, 0.3) is 0 Å². The molecule has 0 spiro atoms. The van der Waals surface area contributed by atoms with Gasteiger partial charge in [-0.15, -0.1) is 0 Å². The molecule has 0 rings (SSSR count). The van der Waals surface area contributed by atoms with Crippen molar-refractivity contribution >= 4 is 11.9 Å². The van der Waals surface area contributed by atoms with Crippen LogP contribution in [0, 0.1) is 10.8 Å². The highest BCUT2D eigenvalue weighted by molar-refractivity contribution is 5.98. The van der Waals surface area contributed by atoms with Gasteiger partial charge in [0.2, 0.25) is 0 Å². The zero-order valence-electron chi connectivity index (χ0n) is 10.6. The summed E-state index contributed by atoms with van der Waals surface area (Å²) in [5, 5.41) is 22.2. The summed E-state index contributed by atoms with van der Waals surface area (Å²) < 4.78 is 0. The maximum absolute atomic E-state index is 11.1. The summed E-state index contributed by atoms with van der Waals surface area (Å²) in [6.07, 6.45) is 0. The van der Waals surface area contributed by atoms with E-state index in [0.29, 0.717) is 0 Å². The van der Waals surface area contributed by atoms with Crippen molar-refractivity contribution in [3.63, 3.8) is 0 Å². The van der Waals surface area contributed by atoms with Crippen molar-refractivity contribution in [1.29, 1.82) is 0 Å². The van der Waals surface area contributed by atoms with E-state index >= 15 is 0 Å². The van der Waals surface area contributed by atoms with Crippen LogP contribution in [-0.2, 0) is 9.59 Å². The summed E-state index contributed by atoms with van der Waals surface area (Å²) in [5.74, 6) is -2.91. The van der Waals surface area contributed by atoms with Gasteiger partial charge < -0.3 is 19.8 Å². The van der Waals surface area contributed by atoms with E-state index in [1.54, 1.807) is 41.5 Å². The molecule has 0 radical (unpaired) electrons. The lowest BCUT2D eigenvalue weighted by Crippen LogP contribution is -2.40. The summed E-state index contributed by atoms with van der Waals surface area (Å²) >= 11 is 0. The van der Waals surface area contributed by atoms with Crippen molar-refractivity contribution in [1.82, 2.24) is 0 Å². The Bertz CT molecular complexity index is 303. The van der Waals surface area contributed by atoms with Crippen LogP contribution in [0.1, 0.15) is 41.5 Å². The maximum Gasteiger partial charge on any atom is 0.0683 e. The summed E-state index contributed by atoms with van der Waals surface area (Å²) in [6.45, 7) is 9.79. The van der Waals surface area contributed by atoms with Gasteiger partial charge in [0.15, 0.2) is 0 Å². The Morgan fingerprint density at radius 1 is 0.688 bits per heavy atom. The predicted octanol–water partition coefficient (Wildman–Crippen LogP) is -0.125. The summed E-state index contributed by atoms with van der Waals surface area (Å²) in [4.78, 5) is 22.2. The van der Waals surface area contributed by atoms with Crippen LogP contribution in [0.3, 0.4) is 0 Å². The van der Waals surface area contributed by atoms with Crippen molar-refractivity contribution in [2.24, 2.45) is 10.8 Å². The Morgan fingerprint density at radius 3 is 0.938 bits per heavy atom. The van der Waals surface area contributed by atoms with Gasteiger partial charge in [-0.1, -0.05) is 41.5 Å². The first-order valence-electron chi connectivity index (χ1n) is 5.07. The first kappa shape index (κ1) is 14.7. The quantitative estimate of drug-likeness (QED) is 0.614. The molecular formula is C12H18O4-2. The molecule has 0 aromatic heterocycles. The van der Waals surface area contributed by atoms with E-state index in [0.717, 1.165) is 0 Å². The van der Waals surface area contributed by atoms with Gasteiger partial charge in [0.25, 0.3) is 0 Å². The molecule has 0 aromatic carbocycles. The summed E-state index contributed by atoms with van der Waals surface area (Å²) in [5.41, 5.74) is -2.02. The minimum atomic E-state index is -1.46. The van der Waals surface area contributed by atoms with E-state index in [1.807, 2.05) is 0 Å². The van der Waals surface area contributed by atoms with Crippen molar-refractivity contribution < 1.29 is 19.8 Å². The van der Waals surface area contributed by atoms with E-state index < -0.39 is 22.8 Å². The van der Waals surface area contributed by atoms with Crippen LogP contribution >= 0.6 is 0 Å². The highest BCUT2D eigenvalue weighted by Gasteiger charge is 2.29. The first-order chi connectivity index (χ1) is 6.89. The normalized spacial score (nSPS) is 14.4. The largest absolute Gasteiger partial charge is 0.545 e. The second-order valence-electron chi connectivity index (χ2n) is 5.82. The Morgan fingerprint density at radius 2 is 0.875 bits per heavy atom. The number of carbonyl (C=O) groups excluding carboxylic acids is 2. The Hall–Kier alpha value is -1.32. The molecule has 0 fully saturated rings. The fourth-order valence-corrected chi connectivity index (χ4v) is 1.57. The molecule has 0 bridgehead atoms. The Kier molecular flexibility index (Phi) is 3.92. The third kappa shape index (κ3) is 3.36. The summed E-state index contributed by atoms with van der Waals surface area (Å²) in [7, 11) is 0. The second kappa shape index (κ2) is 4.28. The van der Waals surface area contributed by atoms with Gasteiger partial charge >= 0.3 is 0 Å². The molecule has 92 valence electrons. The minimum absolute atomic E-state index is 0.208. The number of carboxylic acids is 2. The van der Waals surface area contributed by atoms with Crippen LogP contribution in [0.4, 0.5) is 0 Å². The van der Waals surface area contributed by atoms with Gasteiger partial charge in [0, 0.05) is 0 Å². The third-order valence-electron chi connectivity index (χ3n) is 2.16. The zero-order valence-corrected chi connectivity index (χ0v) is 10.6. The Balaban J connectivity index is 6.09. The van der Waals surface area contributed by atoms with Gasteiger partial charge in [-0.2, -0.15) is 0 Å². The van der Waals surface area contributed by atoms with Crippen molar-refractivity contribution in [3.8, 4) is 0 Å². The predicted molar refractivity (Wildman–Crippen MR) is 56.0 cm³/mol. The number of aliphatic carboxylic acids is 2. The zero-order chi connectivity index (χ0) is 13.3. The van der Waals surface area contributed by atoms with Gasteiger partial charge in [-0.05, 0) is 22.0 Å². The fraction of sp³-hybridized carbons (Fsp3) is 0.667. The molecule has 0 aromatic rings. The van der Waals surface area contributed by atoms with Crippen molar-refractivity contribution in [2.45, 2.75) is 41.5 Å². The lowest BCUT2D eigenvalue weighted by molar-refractivity contribution is -0.306. The molecule has 0 saturated heterocycles. The molecule has 0 unspecified atom stereocenters. The van der Waals surface area contributed by atoms with E-state index in [4.69, 9.17) is 0 Å². The SMILES string of the molecule is CC(C)(C)/C(C(=O)[O-])=C(/C(=O)[O-])C(C)(C)C. The maximum atomic E-state index is 11.1.